The Morgan fingerprint density at radius 1 is 1.29 bits per heavy atom. The molecular formula is C10H11Cl3N2O2. The third kappa shape index (κ3) is 5.00. The number of ether oxygens (including phenoxy) is 1. The molecule has 0 spiro atoms. The number of hydrogen-bond acceptors (Lipinski definition) is 2. The van der Waals surface area contributed by atoms with Gasteiger partial charge in [-0.2, -0.15) is 0 Å². The van der Waals surface area contributed by atoms with Crippen LogP contribution in [0.1, 0.15) is 0 Å². The highest BCUT2D eigenvalue weighted by Gasteiger charge is 2.34. The van der Waals surface area contributed by atoms with Crippen LogP contribution < -0.4 is 10.6 Å². The van der Waals surface area contributed by atoms with Crippen molar-refractivity contribution in [1.82, 2.24) is 5.32 Å². The lowest BCUT2D eigenvalue weighted by atomic mass is 10.3. The van der Waals surface area contributed by atoms with Crippen molar-refractivity contribution in [3.63, 3.8) is 0 Å². The van der Waals surface area contributed by atoms with E-state index in [4.69, 9.17) is 39.5 Å². The van der Waals surface area contributed by atoms with Crippen molar-refractivity contribution < 1.29 is 9.53 Å². The average Bonchev–Trinajstić information content (AvgIpc) is 2.25. The van der Waals surface area contributed by atoms with E-state index in [0.717, 1.165) is 0 Å². The maximum absolute atomic E-state index is 11.6. The second kappa shape index (κ2) is 6.31. The standard InChI is InChI=1S/C10H11Cl3N2O2/c1-17-8(10(11,12)13)15-9(16)14-7-5-3-2-4-6-7/h2-6,8H,1H3,(H2,14,15,16)/t8-/m0/s1. The van der Waals surface area contributed by atoms with Crippen LogP contribution in [0.25, 0.3) is 0 Å². The van der Waals surface area contributed by atoms with Crippen LogP contribution in [-0.2, 0) is 4.74 Å². The molecule has 17 heavy (non-hydrogen) atoms. The molecule has 2 amide bonds. The number of carbonyl (C=O) groups is 1. The van der Waals surface area contributed by atoms with E-state index in [1.807, 2.05) is 6.07 Å². The summed E-state index contributed by atoms with van der Waals surface area (Å²) in [6.07, 6.45) is -1.03. The maximum Gasteiger partial charge on any atom is 0.321 e. The van der Waals surface area contributed by atoms with Crippen LogP contribution in [0.4, 0.5) is 10.5 Å². The normalized spacial score (nSPS) is 12.9. The van der Waals surface area contributed by atoms with E-state index in [1.165, 1.54) is 7.11 Å². The lowest BCUT2D eigenvalue weighted by Gasteiger charge is -2.23. The molecule has 1 rings (SSSR count). The summed E-state index contributed by atoms with van der Waals surface area (Å²) in [6, 6.07) is 8.36. The molecule has 0 aliphatic carbocycles. The number of benzene rings is 1. The molecule has 0 heterocycles. The monoisotopic (exact) mass is 296 g/mol. The van der Waals surface area contributed by atoms with Gasteiger partial charge in [0.1, 0.15) is 0 Å². The van der Waals surface area contributed by atoms with E-state index in [9.17, 15) is 4.79 Å². The molecule has 0 fully saturated rings. The minimum Gasteiger partial charge on any atom is -0.357 e. The number of anilines is 1. The summed E-state index contributed by atoms with van der Waals surface area (Å²) in [5.41, 5.74) is 0.629. The van der Waals surface area contributed by atoms with Crippen molar-refractivity contribution >= 4 is 46.5 Å². The van der Waals surface area contributed by atoms with Crippen molar-refractivity contribution in [3.8, 4) is 0 Å². The Kier molecular flexibility index (Phi) is 5.33. The van der Waals surface area contributed by atoms with Gasteiger partial charge in [-0.3, -0.25) is 0 Å². The van der Waals surface area contributed by atoms with Gasteiger partial charge in [-0.15, -0.1) is 0 Å². The Bertz CT molecular complexity index is 368. The molecule has 0 aromatic heterocycles. The molecular weight excluding hydrogens is 286 g/mol. The Hall–Kier alpha value is -0.680. The summed E-state index contributed by atoms with van der Waals surface area (Å²) in [5, 5.41) is 4.96. The van der Waals surface area contributed by atoms with Gasteiger partial charge in [0.05, 0.1) is 0 Å². The number of carbonyl (C=O) groups excluding carboxylic acids is 1. The lowest BCUT2D eigenvalue weighted by Crippen LogP contribution is -2.46. The van der Waals surface area contributed by atoms with Gasteiger partial charge < -0.3 is 15.4 Å². The van der Waals surface area contributed by atoms with Gasteiger partial charge in [-0.1, -0.05) is 53.0 Å². The number of amides is 2. The van der Waals surface area contributed by atoms with Crippen LogP contribution in [0.3, 0.4) is 0 Å². The van der Waals surface area contributed by atoms with E-state index < -0.39 is 16.1 Å². The van der Waals surface area contributed by atoms with E-state index in [2.05, 4.69) is 10.6 Å². The summed E-state index contributed by atoms with van der Waals surface area (Å²) in [4.78, 5) is 11.6. The molecule has 1 aromatic rings. The van der Waals surface area contributed by atoms with Crippen LogP contribution in [0.2, 0.25) is 0 Å². The minimum atomic E-state index is -1.73. The van der Waals surface area contributed by atoms with Crippen LogP contribution in [-0.4, -0.2) is 23.2 Å². The zero-order valence-corrected chi connectivity index (χ0v) is 11.2. The predicted molar refractivity (Wildman–Crippen MR) is 69.7 cm³/mol. The zero-order valence-electron chi connectivity index (χ0n) is 8.91. The molecule has 0 unspecified atom stereocenters. The second-order valence-electron chi connectivity index (χ2n) is 3.12. The second-order valence-corrected chi connectivity index (χ2v) is 5.49. The maximum atomic E-state index is 11.6. The third-order valence-electron chi connectivity index (χ3n) is 1.83. The molecule has 1 atom stereocenters. The van der Waals surface area contributed by atoms with Crippen LogP contribution in [0.15, 0.2) is 30.3 Å². The summed E-state index contributed by atoms with van der Waals surface area (Å²) >= 11 is 16.8. The number of methoxy groups -OCH3 is 1. The molecule has 7 heteroatoms. The third-order valence-corrected chi connectivity index (χ3v) is 2.42. The smallest absolute Gasteiger partial charge is 0.321 e. The highest BCUT2D eigenvalue weighted by Crippen LogP contribution is 2.30. The van der Waals surface area contributed by atoms with Gasteiger partial charge in [0.25, 0.3) is 0 Å². The van der Waals surface area contributed by atoms with Crippen molar-refractivity contribution in [2.24, 2.45) is 0 Å². The Morgan fingerprint density at radius 3 is 2.35 bits per heavy atom. The number of nitrogens with one attached hydrogen (secondary N) is 2. The van der Waals surface area contributed by atoms with Crippen molar-refractivity contribution in [2.45, 2.75) is 10.0 Å². The van der Waals surface area contributed by atoms with Gasteiger partial charge in [0.15, 0.2) is 6.23 Å². The first-order valence-electron chi connectivity index (χ1n) is 4.65. The van der Waals surface area contributed by atoms with Crippen molar-refractivity contribution in [1.29, 1.82) is 0 Å². The lowest BCUT2D eigenvalue weighted by molar-refractivity contribution is 0.0864. The number of urea groups is 1. The Morgan fingerprint density at radius 2 is 1.88 bits per heavy atom. The molecule has 94 valence electrons. The fourth-order valence-electron chi connectivity index (χ4n) is 1.08. The van der Waals surface area contributed by atoms with Crippen LogP contribution in [0.5, 0.6) is 0 Å². The van der Waals surface area contributed by atoms with Gasteiger partial charge in [-0.05, 0) is 12.1 Å². The molecule has 2 N–H and O–H groups in total. The summed E-state index contributed by atoms with van der Waals surface area (Å²) in [6.45, 7) is 0. The highest BCUT2D eigenvalue weighted by atomic mass is 35.6. The Labute approximate surface area is 114 Å². The van der Waals surface area contributed by atoms with Crippen molar-refractivity contribution in [3.05, 3.63) is 30.3 Å². The zero-order chi connectivity index (χ0) is 12.9. The van der Waals surface area contributed by atoms with Crippen LogP contribution >= 0.6 is 34.8 Å². The summed E-state index contributed by atoms with van der Waals surface area (Å²) in [5.74, 6) is 0. The molecule has 0 radical (unpaired) electrons. The first-order chi connectivity index (χ1) is 7.93. The Balaban J connectivity index is 2.55. The quantitative estimate of drug-likeness (QED) is 0.665. The molecule has 0 bridgehead atoms. The van der Waals surface area contributed by atoms with Crippen LogP contribution in [0, 0.1) is 0 Å². The van der Waals surface area contributed by atoms with Gasteiger partial charge in [0.2, 0.25) is 3.79 Å². The summed E-state index contributed by atoms with van der Waals surface area (Å²) in [7, 11) is 1.33. The van der Waals surface area contributed by atoms with E-state index in [1.54, 1.807) is 24.3 Å². The van der Waals surface area contributed by atoms with Gasteiger partial charge >= 0.3 is 6.03 Å². The molecule has 0 saturated heterocycles. The average molecular weight is 298 g/mol. The molecule has 0 aliphatic heterocycles. The van der Waals surface area contributed by atoms with Crippen molar-refractivity contribution in [2.75, 3.05) is 12.4 Å². The molecule has 4 nitrogen and oxygen atoms in total. The van der Waals surface area contributed by atoms with Gasteiger partial charge in [-0.25, -0.2) is 4.79 Å². The predicted octanol–water partition coefficient (Wildman–Crippen LogP) is 3.15. The molecule has 0 saturated carbocycles. The SMILES string of the molecule is CO[C@H](NC(=O)Nc1ccccc1)C(Cl)(Cl)Cl. The highest BCUT2D eigenvalue weighted by molar-refractivity contribution is 6.68. The van der Waals surface area contributed by atoms with E-state index >= 15 is 0 Å². The molecule has 0 aliphatic rings. The number of hydrogen-bond donors (Lipinski definition) is 2. The fraction of sp³-hybridized carbons (Fsp3) is 0.300. The van der Waals surface area contributed by atoms with Gasteiger partial charge in [0, 0.05) is 12.8 Å². The fourth-order valence-corrected chi connectivity index (χ4v) is 1.51. The largest absolute Gasteiger partial charge is 0.357 e. The van der Waals surface area contributed by atoms with E-state index in [-0.39, 0.29) is 0 Å². The molecule has 1 aromatic carbocycles. The number of halogens is 3. The minimum absolute atomic E-state index is 0.519. The first kappa shape index (κ1) is 14.4. The van der Waals surface area contributed by atoms with E-state index in [0.29, 0.717) is 5.69 Å². The topological polar surface area (TPSA) is 50.4 Å². The summed E-state index contributed by atoms with van der Waals surface area (Å²) < 4.78 is 3.12. The number of para-hydroxylation sites is 1. The number of alkyl halides is 3. The first-order valence-corrected chi connectivity index (χ1v) is 5.79. The number of rotatable bonds is 3.